The predicted molar refractivity (Wildman–Crippen MR) is 131 cm³/mol. The molecule has 1 saturated carbocycles. The Kier molecular flexibility index (Phi) is 8.80. The fourth-order valence-corrected chi connectivity index (χ4v) is 5.41. The summed E-state index contributed by atoms with van der Waals surface area (Å²) in [5, 5.41) is 4.55. The topological polar surface area (TPSA) is 38.3 Å². The third kappa shape index (κ3) is 6.95. The Morgan fingerprint density at radius 3 is 2.61 bits per heavy atom. The molecule has 0 radical (unpaired) electrons. The molecule has 0 aliphatic heterocycles. The second kappa shape index (κ2) is 11.3. The van der Waals surface area contributed by atoms with Gasteiger partial charge < -0.3 is 10.1 Å². The predicted octanol–water partition coefficient (Wildman–Crippen LogP) is 7.06. The van der Waals surface area contributed by atoms with Gasteiger partial charge >= 0.3 is 0 Å². The lowest BCUT2D eigenvalue weighted by Gasteiger charge is -2.44. The van der Waals surface area contributed by atoms with Crippen molar-refractivity contribution in [2.75, 3.05) is 11.9 Å². The lowest BCUT2D eigenvalue weighted by Crippen LogP contribution is -2.41. The summed E-state index contributed by atoms with van der Waals surface area (Å²) in [5.41, 5.74) is 2.49. The molecule has 0 aromatic heterocycles. The number of ether oxygens (including phenoxy) is 1. The van der Waals surface area contributed by atoms with Gasteiger partial charge in [-0.1, -0.05) is 75.1 Å². The van der Waals surface area contributed by atoms with E-state index < -0.39 is 0 Å². The molecule has 0 spiro atoms. The summed E-state index contributed by atoms with van der Waals surface area (Å²) in [6.07, 6.45) is 14.6. The number of allylic oxidation sites excluding steroid dienone is 2. The first-order valence-electron chi connectivity index (χ1n) is 11.9. The average Bonchev–Trinajstić information content (AvgIpc) is 2.75. The van der Waals surface area contributed by atoms with Crippen molar-refractivity contribution in [3.05, 3.63) is 53.1 Å². The zero-order chi connectivity index (χ0) is 22.3. The maximum Gasteiger partial charge on any atom is 0.162 e. The van der Waals surface area contributed by atoms with E-state index in [1.54, 1.807) is 0 Å². The monoisotopic (exact) mass is 443 g/mol. The first-order valence-corrected chi connectivity index (χ1v) is 12.3. The van der Waals surface area contributed by atoms with Crippen LogP contribution in [0.15, 0.2) is 47.5 Å². The Balaban J connectivity index is 1.61. The van der Waals surface area contributed by atoms with Gasteiger partial charge in [-0.05, 0) is 61.6 Å². The van der Waals surface area contributed by atoms with Crippen molar-refractivity contribution in [3.63, 3.8) is 0 Å². The molecule has 3 nitrogen and oxygen atoms in total. The Hall–Kier alpha value is -1.58. The van der Waals surface area contributed by atoms with Crippen LogP contribution >= 0.6 is 11.6 Å². The molecule has 2 aliphatic rings. The summed E-state index contributed by atoms with van der Waals surface area (Å²) in [6.45, 7) is 7.13. The van der Waals surface area contributed by atoms with Gasteiger partial charge in [0, 0.05) is 23.2 Å². The van der Waals surface area contributed by atoms with E-state index in [0.29, 0.717) is 23.8 Å². The molecule has 1 fully saturated rings. The van der Waals surface area contributed by atoms with Gasteiger partial charge in [0.05, 0.1) is 6.10 Å². The first-order chi connectivity index (χ1) is 14.9. The second-order valence-electron chi connectivity index (χ2n) is 9.79. The molecule has 0 amide bonds. The van der Waals surface area contributed by atoms with Crippen LogP contribution in [0.1, 0.15) is 71.3 Å². The van der Waals surface area contributed by atoms with Crippen LogP contribution in [0.25, 0.3) is 0 Å². The Labute approximate surface area is 193 Å². The molecule has 1 aromatic rings. The van der Waals surface area contributed by atoms with E-state index in [1.165, 1.54) is 38.5 Å². The molecule has 0 bridgehead atoms. The van der Waals surface area contributed by atoms with Gasteiger partial charge in [-0.3, -0.25) is 4.79 Å². The molecule has 2 unspecified atom stereocenters. The third-order valence-electron chi connectivity index (χ3n) is 6.83. The lowest BCUT2D eigenvalue weighted by atomic mass is 9.65. The molecule has 3 rings (SSSR count). The highest BCUT2D eigenvalue weighted by molar-refractivity contribution is 6.31. The largest absolute Gasteiger partial charge is 0.382 e. The Morgan fingerprint density at radius 1 is 1.19 bits per heavy atom. The number of anilines is 1. The highest BCUT2D eigenvalue weighted by Gasteiger charge is 2.38. The maximum atomic E-state index is 12.6. The van der Waals surface area contributed by atoms with Crippen molar-refractivity contribution >= 4 is 23.1 Å². The highest BCUT2D eigenvalue weighted by atomic mass is 35.5. The number of benzene rings is 1. The SMILES string of the molecule is CC(C)CC1(C(C)Nc2ccccc2CC(=O)COC2C=CC(Cl)=CC2)CCCCC1. The fourth-order valence-electron chi connectivity index (χ4n) is 5.25. The van der Waals surface area contributed by atoms with Crippen LogP contribution in [0, 0.1) is 11.3 Å². The molecular weight excluding hydrogens is 406 g/mol. The highest BCUT2D eigenvalue weighted by Crippen LogP contribution is 2.45. The molecule has 2 aliphatic carbocycles. The van der Waals surface area contributed by atoms with Gasteiger partial charge in [0.1, 0.15) is 6.61 Å². The number of ketones is 1. The van der Waals surface area contributed by atoms with Crippen molar-refractivity contribution in [1.29, 1.82) is 0 Å². The number of para-hydroxylation sites is 1. The summed E-state index contributed by atoms with van der Waals surface area (Å²) < 4.78 is 5.78. The molecule has 2 atom stereocenters. The number of carbonyl (C=O) groups is 1. The van der Waals surface area contributed by atoms with Crippen LogP contribution in [0.2, 0.25) is 0 Å². The molecule has 4 heteroatoms. The minimum absolute atomic E-state index is 0.0676. The van der Waals surface area contributed by atoms with Crippen molar-refractivity contribution in [2.24, 2.45) is 11.3 Å². The average molecular weight is 444 g/mol. The van der Waals surface area contributed by atoms with Gasteiger partial charge in [0.15, 0.2) is 5.78 Å². The van der Waals surface area contributed by atoms with Crippen molar-refractivity contribution in [1.82, 2.24) is 0 Å². The zero-order valence-corrected chi connectivity index (χ0v) is 20.1. The van der Waals surface area contributed by atoms with Crippen molar-refractivity contribution in [2.45, 2.75) is 84.3 Å². The van der Waals surface area contributed by atoms with Gasteiger partial charge in [0.25, 0.3) is 0 Å². The number of hydrogen-bond acceptors (Lipinski definition) is 3. The normalized spacial score (nSPS) is 21.6. The Morgan fingerprint density at radius 2 is 1.94 bits per heavy atom. The number of carbonyl (C=O) groups excluding carboxylic acids is 1. The summed E-state index contributed by atoms with van der Waals surface area (Å²) >= 11 is 5.95. The van der Waals surface area contributed by atoms with Crippen molar-refractivity contribution < 1.29 is 9.53 Å². The number of hydrogen-bond donors (Lipinski definition) is 1. The van der Waals surface area contributed by atoms with E-state index in [0.717, 1.165) is 22.7 Å². The van der Waals surface area contributed by atoms with Crippen LogP contribution in [0.5, 0.6) is 0 Å². The van der Waals surface area contributed by atoms with Crippen LogP contribution < -0.4 is 5.32 Å². The summed E-state index contributed by atoms with van der Waals surface area (Å²) in [7, 11) is 0. The minimum atomic E-state index is -0.0676. The van der Waals surface area contributed by atoms with E-state index in [1.807, 2.05) is 24.3 Å². The molecule has 0 saturated heterocycles. The van der Waals surface area contributed by atoms with Crippen LogP contribution in [0.4, 0.5) is 5.69 Å². The molecule has 0 heterocycles. The smallest absolute Gasteiger partial charge is 0.162 e. The molecular formula is C27H38ClNO2. The standard InChI is InChI=1S/C27H38ClNO2/c1-20(2)18-27(15-7-4-8-16-27)21(3)29-26-10-6-5-9-22(26)17-24(30)19-31-25-13-11-23(28)12-14-25/h5-6,9-13,20-21,25,29H,4,7-8,14-19H2,1-3H3. The van der Waals surface area contributed by atoms with E-state index >= 15 is 0 Å². The van der Waals surface area contributed by atoms with E-state index in [4.69, 9.17) is 16.3 Å². The number of Topliss-reactive ketones (excluding diaryl/α,β-unsaturated/α-hetero) is 1. The zero-order valence-electron chi connectivity index (χ0n) is 19.3. The van der Waals surface area contributed by atoms with Crippen LogP contribution in [-0.2, 0) is 16.0 Å². The van der Waals surface area contributed by atoms with Gasteiger partial charge in [-0.15, -0.1) is 0 Å². The maximum absolute atomic E-state index is 12.6. The van der Waals surface area contributed by atoms with E-state index in [9.17, 15) is 4.79 Å². The molecule has 31 heavy (non-hydrogen) atoms. The second-order valence-corrected chi connectivity index (χ2v) is 10.2. The molecule has 1 N–H and O–H groups in total. The van der Waals surface area contributed by atoms with Gasteiger partial charge in [-0.2, -0.15) is 0 Å². The fraction of sp³-hybridized carbons (Fsp3) is 0.593. The van der Waals surface area contributed by atoms with Crippen molar-refractivity contribution in [3.8, 4) is 0 Å². The molecule has 170 valence electrons. The van der Waals surface area contributed by atoms with Gasteiger partial charge in [0.2, 0.25) is 0 Å². The summed E-state index contributed by atoms with van der Waals surface area (Å²) in [5.74, 6) is 0.792. The van der Waals surface area contributed by atoms with Crippen LogP contribution in [0.3, 0.4) is 0 Å². The number of rotatable bonds is 10. The first kappa shape index (κ1) is 24.1. The molecule has 1 aromatic carbocycles. The lowest BCUT2D eigenvalue weighted by molar-refractivity contribution is -0.124. The van der Waals surface area contributed by atoms with Crippen LogP contribution in [-0.4, -0.2) is 24.5 Å². The number of nitrogens with one attached hydrogen (secondary N) is 1. The Bertz CT molecular complexity index is 792. The summed E-state index contributed by atoms with van der Waals surface area (Å²) in [4.78, 5) is 12.6. The van der Waals surface area contributed by atoms with E-state index in [-0.39, 0.29) is 18.5 Å². The number of halogens is 1. The summed E-state index contributed by atoms with van der Waals surface area (Å²) in [6, 6.07) is 8.62. The quantitative estimate of drug-likeness (QED) is 0.420. The minimum Gasteiger partial charge on any atom is -0.382 e. The van der Waals surface area contributed by atoms with Gasteiger partial charge in [-0.25, -0.2) is 0 Å². The third-order valence-corrected chi connectivity index (χ3v) is 7.11. The van der Waals surface area contributed by atoms with E-state index in [2.05, 4.69) is 44.3 Å².